The van der Waals surface area contributed by atoms with Crippen molar-refractivity contribution in [2.45, 2.75) is 0 Å². The number of halogens is 1. The molecule has 0 aliphatic carbocycles. The summed E-state index contributed by atoms with van der Waals surface area (Å²) >= 11 is 2.26. The van der Waals surface area contributed by atoms with E-state index in [0.717, 1.165) is 9.09 Å². The summed E-state index contributed by atoms with van der Waals surface area (Å²) in [5.41, 5.74) is 0.958. The minimum Gasteiger partial charge on any atom is -0.157 e. The Morgan fingerprint density at radius 1 is 1.18 bits per heavy atom. The Morgan fingerprint density at radius 2 is 2.00 bits per heavy atom. The summed E-state index contributed by atoms with van der Waals surface area (Å²) in [5.74, 6) is 0. The first-order valence-corrected chi connectivity index (χ1v) is 4.32. The Bertz CT molecular complexity index is 381. The van der Waals surface area contributed by atoms with Crippen molar-refractivity contribution in [3.63, 3.8) is 0 Å². The molecule has 0 N–H and O–H groups in total. The molecule has 2 rings (SSSR count). The molecule has 0 atom stereocenters. The van der Waals surface area contributed by atoms with Gasteiger partial charge in [-0.25, -0.2) is 0 Å². The van der Waals surface area contributed by atoms with Crippen LogP contribution in [0.15, 0.2) is 30.5 Å². The van der Waals surface area contributed by atoms with Crippen LogP contribution in [0.2, 0.25) is 0 Å². The number of nitrogens with zero attached hydrogens (tertiary/aromatic N) is 2. The van der Waals surface area contributed by atoms with Crippen LogP contribution in [0.5, 0.6) is 0 Å². The number of fused-ring (bicyclic) bond motifs is 1. The van der Waals surface area contributed by atoms with Gasteiger partial charge in [0.25, 0.3) is 0 Å². The van der Waals surface area contributed by atoms with Gasteiger partial charge in [-0.05, 0) is 28.7 Å². The molecule has 2 aromatic rings. The second kappa shape index (κ2) is 2.73. The Balaban J connectivity index is 2.91. The predicted octanol–water partition coefficient (Wildman–Crippen LogP) is 2.23. The third-order valence-electron chi connectivity index (χ3n) is 1.50. The Hall–Kier alpha value is -0.710. The summed E-state index contributed by atoms with van der Waals surface area (Å²) in [6, 6.07) is 7.98. The topological polar surface area (TPSA) is 25.8 Å². The van der Waals surface area contributed by atoms with Gasteiger partial charge in [0.05, 0.1) is 11.7 Å². The minimum atomic E-state index is 0.958. The maximum atomic E-state index is 3.99. The summed E-state index contributed by atoms with van der Waals surface area (Å²) in [5, 5.41) is 9.01. The third kappa shape index (κ3) is 1.20. The number of hydrogen-bond donors (Lipinski definition) is 0. The van der Waals surface area contributed by atoms with E-state index in [1.807, 2.05) is 24.3 Å². The van der Waals surface area contributed by atoms with Crippen LogP contribution < -0.4 is 0 Å². The second-order valence-electron chi connectivity index (χ2n) is 2.21. The Morgan fingerprint density at radius 3 is 2.82 bits per heavy atom. The van der Waals surface area contributed by atoms with Gasteiger partial charge in [0, 0.05) is 8.96 Å². The molecule has 54 valence electrons. The van der Waals surface area contributed by atoms with Crippen molar-refractivity contribution in [2.24, 2.45) is 0 Å². The summed E-state index contributed by atoms with van der Waals surface area (Å²) < 4.78 is 1.15. The lowest BCUT2D eigenvalue weighted by Gasteiger charge is -1.95. The van der Waals surface area contributed by atoms with Crippen molar-refractivity contribution in [3.8, 4) is 0 Å². The standard InChI is InChI=1S/C8H5IN2/c9-7-5-10-11-8-4-2-1-3-6(7)8/h1-5H. The highest BCUT2D eigenvalue weighted by atomic mass is 127. The molecule has 1 aromatic heterocycles. The van der Waals surface area contributed by atoms with Gasteiger partial charge in [0.1, 0.15) is 0 Å². The fourth-order valence-electron chi connectivity index (χ4n) is 0.974. The average Bonchev–Trinajstić information content (AvgIpc) is 2.06. The van der Waals surface area contributed by atoms with Crippen LogP contribution in [-0.2, 0) is 0 Å². The lowest BCUT2D eigenvalue weighted by atomic mass is 10.2. The van der Waals surface area contributed by atoms with Crippen molar-refractivity contribution in [1.82, 2.24) is 10.2 Å². The number of aromatic nitrogens is 2. The zero-order valence-electron chi connectivity index (χ0n) is 5.66. The first-order valence-electron chi connectivity index (χ1n) is 3.24. The molecule has 0 unspecified atom stereocenters. The van der Waals surface area contributed by atoms with Gasteiger partial charge < -0.3 is 0 Å². The summed E-state index contributed by atoms with van der Waals surface area (Å²) in [6.07, 6.45) is 1.77. The summed E-state index contributed by atoms with van der Waals surface area (Å²) in [7, 11) is 0. The number of hydrogen-bond acceptors (Lipinski definition) is 2. The van der Waals surface area contributed by atoms with E-state index < -0.39 is 0 Å². The van der Waals surface area contributed by atoms with Crippen LogP contribution in [0.4, 0.5) is 0 Å². The zero-order valence-corrected chi connectivity index (χ0v) is 7.82. The lowest BCUT2D eigenvalue weighted by Crippen LogP contribution is -1.84. The van der Waals surface area contributed by atoms with Gasteiger partial charge in [0.2, 0.25) is 0 Å². The van der Waals surface area contributed by atoms with E-state index >= 15 is 0 Å². The smallest absolute Gasteiger partial charge is 0.0940 e. The lowest BCUT2D eigenvalue weighted by molar-refractivity contribution is 1.07. The molecule has 1 heterocycles. The SMILES string of the molecule is Ic1cnnc2ccccc12. The van der Waals surface area contributed by atoms with Gasteiger partial charge in [-0.1, -0.05) is 18.2 Å². The third-order valence-corrected chi connectivity index (χ3v) is 2.36. The highest BCUT2D eigenvalue weighted by molar-refractivity contribution is 14.1. The maximum Gasteiger partial charge on any atom is 0.0940 e. The molecular weight excluding hydrogens is 251 g/mol. The molecule has 0 amide bonds. The molecule has 0 aliphatic heterocycles. The van der Waals surface area contributed by atoms with Crippen LogP contribution in [0.3, 0.4) is 0 Å². The molecule has 0 radical (unpaired) electrons. The number of rotatable bonds is 0. The quantitative estimate of drug-likeness (QED) is 0.675. The van der Waals surface area contributed by atoms with Crippen LogP contribution in [-0.4, -0.2) is 10.2 Å². The molecule has 2 nitrogen and oxygen atoms in total. The molecule has 1 aromatic carbocycles. The molecule has 0 aliphatic rings. The van der Waals surface area contributed by atoms with Crippen LogP contribution in [0.1, 0.15) is 0 Å². The number of benzene rings is 1. The Labute approximate surface area is 77.8 Å². The Kier molecular flexibility index (Phi) is 1.73. The molecule has 0 saturated carbocycles. The van der Waals surface area contributed by atoms with E-state index in [2.05, 4.69) is 32.8 Å². The normalized spacial score (nSPS) is 10.3. The zero-order chi connectivity index (χ0) is 7.68. The van der Waals surface area contributed by atoms with Gasteiger partial charge in [-0.15, -0.1) is 0 Å². The molecule has 3 heteroatoms. The largest absolute Gasteiger partial charge is 0.157 e. The van der Waals surface area contributed by atoms with Crippen molar-refractivity contribution in [1.29, 1.82) is 0 Å². The van der Waals surface area contributed by atoms with E-state index in [-0.39, 0.29) is 0 Å². The molecule has 11 heavy (non-hydrogen) atoms. The van der Waals surface area contributed by atoms with Crippen molar-refractivity contribution in [3.05, 3.63) is 34.0 Å². The van der Waals surface area contributed by atoms with E-state index in [1.165, 1.54) is 5.39 Å². The predicted molar refractivity (Wildman–Crippen MR) is 52.3 cm³/mol. The van der Waals surface area contributed by atoms with Crippen LogP contribution in [0, 0.1) is 3.57 Å². The van der Waals surface area contributed by atoms with Crippen molar-refractivity contribution >= 4 is 33.5 Å². The summed E-state index contributed by atoms with van der Waals surface area (Å²) in [6.45, 7) is 0. The van der Waals surface area contributed by atoms with Gasteiger partial charge in [0.15, 0.2) is 0 Å². The monoisotopic (exact) mass is 256 g/mol. The molecule has 0 spiro atoms. The van der Waals surface area contributed by atoms with E-state index in [1.54, 1.807) is 6.20 Å². The second-order valence-corrected chi connectivity index (χ2v) is 3.37. The van der Waals surface area contributed by atoms with E-state index in [0.29, 0.717) is 0 Å². The highest BCUT2D eigenvalue weighted by Gasteiger charge is 1.96. The fraction of sp³-hybridized carbons (Fsp3) is 0. The average molecular weight is 256 g/mol. The van der Waals surface area contributed by atoms with E-state index in [4.69, 9.17) is 0 Å². The van der Waals surface area contributed by atoms with Crippen molar-refractivity contribution in [2.75, 3.05) is 0 Å². The first kappa shape index (κ1) is 6.97. The van der Waals surface area contributed by atoms with E-state index in [9.17, 15) is 0 Å². The van der Waals surface area contributed by atoms with Crippen LogP contribution in [0.25, 0.3) is 10.9 Å². The molecular formula is C8H5IN2. The van der Waals surface area contributed by atoms with Gasteiger partial charge in [-0.2, -0.15) is 10.2 Å². The maximum absolute atomic E-state index is 3.99. The fourth-order valence-corrected chi connectivity index (χ4v) is 1.55. The summed E-state index contributed by atoms with van der Waals surface area (Å²) in [4.78, 5) is 0. The molecule has 0 bridgehead atoms. The molecule has 0 fully saturated rings. The van der Waals surface area contributed by atoms with Crippen LogP contribution >= 0.6 is 22.6 Å². The first-order chi connectivity index (χ1) is 5.38. The molecule has 0 saturated heterocycles. The van der Waals surface area contributed by atoms with Gasteiger partial charge in [-0.3, -0.25) is 0 Å². The minimum absolute atomic E-state index is 0.958. The van der Waals surface area contributed by atoms with Crippen molar-refractivity contribution < 1.29 is 0 Å². The highest BCUT2D eigenvalue weighted by Crippen LogP contribution is 2.15. The van der Waals surface area contributed by atoms with Gasteiger partial charge >= 0.3 is 0 Å².